The molecule has 1 saturated heterocycles. The van der Waals surface area contributed by atoms with Crippen molar-refractivity contribution in [3.8, 4) is 0 Å². The molecule has 0 aliphatic carbocycles. The molecule has 1 heterocycles. The van der Waals surface area contributed by atoms with E-state index in [0.29, 0.717) is 24.6 Å². The van der Waals surface area contributed by atoms with Crippen LogP contribution in [0.4, 0.5) is 10.1 Å². The molecule has 0 bridgehead atoms. The van der Waals surface area contributed by atoms with Crippen molar-refractivity contribution in [3.63, 3.8) is 0 Å². The summed E-state index contributed by atoms with van der Waals surface area (Å²) >= 11 is 0. The first-order valence-electron chi connectivity index (χ1n) is 9.52. The average Bonchev–Trinajstić information content (AvgIpc) is 3.15. The number of nitrogens with zero attached hydrogens (tertiary/aromatic N) is 2. The van der Waals surface area contributed by atoms with Gasteiger partial charge in [0.05, 0.1) is 4.92 Å². The Balaban J connectivity index is 1.71. The number of likely N-dealkylation sites (N-methyl/N-ethyl adjacent to an activating group) is 1. The van der Waals surface area contributed by atoms with Crippen molar-refractivity contribution in [1.29, 1.82) is 0 Å². The Morgan fingerprint density at radius 1 is 1.29 bits per heavy atom. The first-order valence-corrected chi connectivity index (χ1v) is 9.52. The van der Waals surface area contributed by atoms with Gasteiger partial charge in [-0.3, -0.25) is 19.8 Å². The number of halogens is 1. The third-order valence-corrected chi connectivity index (χ3v) is 5.26. The lowest BCUT2D eigenvalue weighted by Gasteiger charge is -2.22. The summed E-state index contributed by atoms with van der Waals surface area (Å²) in [5.41, 5.74) is 1.42. The molecule has 1 unspecified atom stereocenters. The summed E-state index contributed by atoms with van der Waals surface area (Å²) in [5, 5.41) is 14.4. The molecule has 0 radical (unpaired) electrons. The fraction of sp³-hybridized carbons (Fsp3) is 0.381. The smallest absolute Gasteiger partial charge is 0.273 e. The largest absolute Gasteiger partial charge is 0.350 e. The van der Waals surface area contributed by atoms with Crippen LogP contribution in [0.15, 0.2) is 42.5 Å². The summed E-state index contributed by atoms with van der Waals surface area (Å²) in [6.45, 7) is 4.63. The zero-order valence-corrected chi connectivity index (χ0v) is 15.9. The number of carbonyl (C=O) groups excluding carboxylic acids is 1. The van der Waals surface area contributed by atoms with E-state index in [4.69, 9.17) is 0 Å². The molecule has 1 amide bonds. The molecule has 0 saturated carbocycles. The highest BCUT2D eigenvalue weighted by Gasteiger charge is 2.24. The number of amides is 1. The van der Waals surface area contributed by atoms with Crippen LogP contribution in [0.25, 0.3) is 0 Å². The number of nitro groups is 1. The van der Waals surface area contributed by atoms with Crippen molar-refractivity contribution in [2.75, 3.05) is 19.6 Å². The Kier molecular flexibility index (Phi) is 6.36. The minimum Gasteiger partial charge on any atom is -0.350 e. The van der Waals surface area contributed by atoms with Gasteiger partial charge in [0, 0.05) is 36.2 Å². The van der Waals surface area contributed by atoms with Crippen molar-refractivity contribution < 1.29 is 14.1 Å². The molecule has 0 spiro atoms. The molecule has 1 fully saturated rings. The highest BCUT2D eigenvalue weighted by molar-refractivity contribution is 5.95. The first kappa shape index (κ1) is 19.9. The summed E-state index contributed by atoms with van der Waals surface area (Å²) < 4.78 is 13.1. The maximum absolute atomic E-state index is 13.1. The van der Waals surface area contributed by atoms with Gasteiger partial charge in [0.2, 0.25) is 0 Å². The fourth-order valence-corrected chi connectivity index (χ4v) is 3.70. The van der Waals surface area contributed by atoms with Crippen LogP contribution in [0.1, 0.15) is 41.3 Å². The lowest BCUT2D eigenvalue weighted by molar-refractivity contribution is -0.385. The number of likely N-dealkylation sites (tertiary alicyclic amines) is 1. The van der Waals surface area contributed by atoms with E-state index in [1.807, 2.05) is 0 Å². The second kappa shape index (κ2) is 8.93. The van der Waals surface area contributed by atoms with Crippen LogP contribution in [0.3, 0.4) is 0 Å². The number of hydrogen-bond donors (Lipinski definition) is 1. The molecule has 1 N–H and O–H groups in total. The average molecular weight is 385 g/mol. The maximum atomic E-state index is 13.1. The van der Waals surface area contributed by atoms with E-state index in [2.05, 4.69) is 17.1 Å². The number of hydrogen-bond acceptors (Lipinski definition) is 4. The van der Waals surface area contributed by atoms with Gasteiger partial charge in [-0.2, -0.15) is 0 Å². The van der Waals surface area contributed by atoms with Crippen LogP contribution in [0.2, 0.25) is 0 Å². The number of nitrogens with one attached hydrogen (secondary N) is 1. The molecule has 148 valence electrons. The summed E-state index contributed by atoms with van der Waals surface area (Å²) in [6.07, 6.45) is 2.47. The van der Waals surface area contributed by atoms with E-state index < -0.39 is 4.92 Å². The standard InChI is InChI=1S/C21H24FN3O3/c1-2-24-11-3-4-19(24)14-23-21(26)17-8-7-16(20(13-17)25(27)28)12-15-5-9-18(22)10-6-15/h5-10,13,19H,2-4,11-12,14H2,1H3,(H,23,26). The molecule has 6 nitrogen and oxygen atoms in total. The number of benzene rings is 2. The minimum atomic E-state index is -0.481. The van der Waals surface area contributed by atoms with Gasteiger partial charge in [-0.1, -0.05) is 25.1 Å². The van der Waals surface area contributed by atoms with Gasteiger partial charge in [0.15, 0.2) is 0 Å². The predicted octanol–water partition coefficient (Wildman–Crippen LogP) is 3.54. The zero-order chi connectivity index (χ0) is 20.1. The second-order valence-corrected chi connectivity index (χ2v) is 7.04. The van der Waals surface area contributed by atoms with Crippen molar-refractivity contribution >= 4 is 11.6 Å². The minimum absolute atomic E-state index is 0.104. The summed E-state index contributed by atoms with van der Waals surface area (Å²) in [6, 6.07) is 10.7. The highest BCUT2D eigenvalue weighted by atomic mass is 19.1. The predicted molar refractivity (Wildman–Crippen MR) is 105 cm³/mol. The quantitative estimate of drug-likeness (QED) is 0.584. The van der Waals surface area contributed by atoms with Crippen LogP contribution in [-0.2, 0) is 6.42 Å². The Labute approximate surface area is 163 Å². The van der Waals surface area contributed by atoms with Crippen LogP contribution in [0.5, 0.6) is 0 Å². The van der Waals surface area contributed by atoms with Crippen molar-refractivity contribution in [2.45, 2.75) is 32.2 Å². The maximum Gasteiger partial charge on any atom is 0.273 e. The van der Waals surface area contributed by atoms with Crippen molar-refractivity contribution in [2.24, 2.45) is 0 Å². The van der Waals surface area contributed by atoms with Crippen molar-refractivity contribution in [1.82, 2.24) is 10.2 Å². The van der Waals surface area contributed by atoms with Gasteiger partial charge < -0.3 is 5.32 Å². The Bertz CT molecular complexity index is 854. The van der Waals surface area contributed by atoms with E-state index >= 15 is 0 Å². The Morgan fingerprint density at radius 2 is 2.04 bits per heavy atom. The summed E-state index contributed by atoms with van der Waals surface area (Å²) in [5.74, 6) is -0.659. The lowest BCUT2D eigenvalue weighted by atomic mass is 10.0. The van der Waals surface area contributed by atoms with Gasteiger partial charge in [0.25, 0.3) is 11.6 Å². The fourth-order valence-electron chi connectivity index (χ4n) is 3.70. The molecule has 2 aromatic rings. The Hall–Kier alpha value is -2.80. The summed E-state index contributed by atoms with van der Waals surface area (Å²) in [7, 11) is 0. The van der Waals surface area contributed by atoms with Crippen LogP contribution in [0, 0.1) is 15.9 Å². The molecule has 0 aromatic heterocycles. The lowest BCUT2D eigenvalue weighted by Crippen LogP contribution is -2.40. The number of carbonyl (C=O) groups is 1. The number of nitro benzene ring substituents is 1. The van der Waals surface area contributed by atoms with Crippen LogP contribution in [-0.4, -0.2) is 41.4 Å². The monoisotopic (exact) mass is 385 g/mol. The van der Waals surface area contributed by atoms with E-state index in [1.54, 1.807) is 24.3 Å². The zero-order valence-electron chi connectivity index (χ0n) is 15.9. The van der Waals surface area contributed by atoms with Gasteiger partial charge in [0.1, 0.15) is 5.82 Å². The molecule has 28 heavy (non-hydrogen) atoms. The van der Waals surface area contributed by atoms with E-state index in [0.717, 1.165) is 31.5 Å². The van der Waals surface area contributed by atoms with Gasteiger partial charge >= 0.3 is 0 Å². The van der Waals surface area contributed by atoms with Crippen LogP contribution >= 0.6 is 0 Å². The van der Waals surface area contributed by atoms with Gasteiger partial charge in [-0.15, -0.1) is 0 Å². The third-order valence-electron chi connectivity index (χ3n) is 5.26. The SMILES string of the molecule is CCN1CCCC1CNC(=O)c1ccc(Cc2ccc(F)cc2)c([N+](=O)[O-])c1. The highest BCUT2D eigenvalue weighted by Crippen LogP contribution is 2.24. The molecular weight excluding hydrogens is 361 g/mol. The topological polar surface area (TPSA) is 75.5 Å². The molecule has 3 rings (SSSR count). The van der Waals surface area contributed by atoms with E-state index in [1.165, 1.54) is 18.2 Å². The van der Waals surface area contributed by atoms with Gasteiger partial charge in [-0.25, -0.2) is 4.39 Å². The molecule has 2 aromatic carbocycles. The van der Waals surface area contributed by atoms with Gasteiger partial charge in [-0.05, 0) is 49.7 Å². The summed E-state index contributed by atoms with van der Waals surface area (Å²) in [4.78, 5) is 25.8. The van der Waals surface area contributed by atoms with Crippen LogP contribution < -0.4 is 5.32 Å². The molecule has 1 aliphatic heterocycles. The second-order valence-electron chi connectivity index (χ2n) is 7.04. The van der Waals surface area contributed by atoms with E-state index in [-0.39, 0.29) is 23.0 Å². The molecule has 7 heteroatoms. The molecule has 1 atom stereocenters. The third kappa shape index (κ3) is 4.72. The van der Waals surface area contributed by atoms with Crippen molar-refractivity contribution in [3.05, 3.63) is 75.1 Å². The number of rotatable bonds is 7. The first-order chi connectivity index (χ1) is 13.5. The molecule has 1 aliphatic rings. The molecular formula is C21H24FN3O3. The Morgan fingerprint density at radius 3 is 2.71 bits per heavy atom. The van der Waals surface area contributed by atoms with E-state index in [9.17, 15) is 19.3 Å². The normalized spacial score (nSPS) is 16.9.